The van der Waals surface area contributed by atoms with Gasteiger partial charge in [0.2, 0.25) is 5.91 Å². The van der Waals surface area contributed by atoms with Crippen LogP contribution < -0.4 is 11.1 Å². The third-order valence-corrected chi connectivity index (χ3v) is 5.65. The van der Waals surface area contributed by atoms with E-state index in [0.717, 1.165) is 24.2 Å². The van der Waals surface area contributed by atoms with Crippen LogP contribution in [-0.4, -0.2) is 58.9 Å². The Bertz CT molecular complexity index is 558. The minimum atomic E-state index is -0.832. The number of urea groups is 1. The van der Waals surface area contributed by atoms with Gasteiger partial charge in [0.05, 0.1) is 0 Å². The average molecular weight is 322 g/mol. The van der Waals surface area contributed by atoms with Crippen LogP contribution in [0.15, 0.2) is 0 Å². The average Bonchev–Trinajstić information content (AvgIpc) is 3.28. The number of piperidine rings is 1. The van der Waals surface area contributed by atoms with E-state index in [4.69, 9.17) is 5.73 Å². The Hall–Kier alpha value is -1.63. The number of nitrogens with one attached hydrogen (secondary N) is 1. The van der Waals surface area contributed by atoms with Crippen LogP contribution in [0.5, 0.6) is 0 Å². The normalized spacial score (nSPS) is 33.8. The second-order valence-electron chi connectivity index (χ2n) is 8.00. The Labute approximate surface area is 136 Å². The van der Waals surface area contributed by atoms with E-state index in [1.165, 1.54) is 0 Å². The number of imide groups is 1. The summed E-state index contributed by atoms with van der Waals surface area (Å²) in [5, 5.41) is 2.77. The summed E-state index contributed by atoms with van der Waals surface area (Å²) >= 11 is 0. The van der Waals surface area contributed by atoms with E-state index in [1.54, 1.807) is 11.8 Å². The zero-order chi connectivity index (χ0) is 17.0. The largest absolute Gasteiger partial charge is 0.340 e. The lowest BCUT2D eigenvalue weighted by Gasteiger charge is -2.42. The quantitative estimate of drug-likeness (QED) is 0.730. The van der Waals surface area contributed by atoms with Crippen molar-refractivity contribution in [1.29, 1.82) is 0 Å². The number of amides is 4. The van der Waals surface area contributed by atoms with Crippen molar-refractivity contribution in [3.8, 4) is 0 Å². The van der Waals surface area contributed by atoms with Crippen LogP contribution in [0.3, 0.4) is 0 Å². The van der Waals surface area contributed by atoms with Crippen LogP contribution in [-0.2, 0) is 9.59 Å². The van der Waals surface area contributed by atoms with Crippen molar-refractivity contribution in [3.05, 3.63) is 0 Å². The van der Waals surface area contributed by atoms with E-state index in [0.29, 0.717) is 13.1 Å². The maximum Gasteiger partial charge on any atom is 0.325 e. The summed E-state index contributed by atoms with van der Waals surface area (Å²) in [7, 11) is 0. The zero-order valence-electron chi connectivity index (χ0n) is 14.1. The predicted molar refractivity (Wildman–Crippen MR) is 84.3 cm³/mol. The lowest BCUT2D eigenvalue weighted by Crippen LogP contribution is -2.56. The first-order chi connectivity index (χ1) is 10.6. The molecule has 3 aliphatic rings. The van der Waals surface area contributed by atoms with Gasteiger partial charge in [-0.1, -0.05) is 13.8 Å². The zero-order valence-corrected chi connectivity index (χ0v) is 14.1. The molecular weight excluding hydrogens is 296 g/mol. The molecule has 0 aromatic rings. The van der Waals surface area contributed by atoms with Gasteiger partial charge in [-0.25, -0.2) is 4.79 Å². The van der Waals surface area contributed by atoms with E-state index in [1.807, 2.05) is 13.8 Å². The molecular formula is C16H26N4O3. The second-order valence-corrected chi connectivity index (χ2v) is 8.00. The molecule has 0 aromatic carbocycles. The van der Waals surface area contributed by atoms with Crippen molar-refractivity contribution in [2.75, 3.05) is 19.6 Å². The predicted octanol–water partition coefficient (Wildman–Crippen LogP) is 0.293. The molecule has 2 heterocycles. The number of nitrogens with two attached hydrogens (primary N) is 1. The highest BCUT2D eigenvalue weighted by atomic mass is 16.2. The molecule has 2 aliphatic heterocycles. The molecule has 1 saturated carbocycles. The summed E-state index contributed by atoms with van der Waals surface area (Å²) in [6.45, 7) is 6.78. The molecule has 4 amide bonds. The van der Waals surface area contributed by atoms with Crippen molar-refractivity contribution < 1.29 is 14.4 Å². The monoisotopic (exact) mass is 322 g/mol. The highest BCUT2D eigenvalue weighted by Crippen LogP contribution is 2.42. The van der Waals surface area contributed by atoms with Gasteiger partial charge in [-0.2, -0.15) is 0 Å². The lowest BCUT2D eigenvalue weighted by atomic mass is 9.79. The van der Waals surface area contributed by atoms with Gasteiger partial charge in [0, 0.05) is 19.1 Å². The number of carbonyl (C=O) groups is 3. The van der Waals surface area contributed by atoms with E-state index in [-0.39, 0.29) is 35.7 Å². The summed E-state index contributed by atoms with van der Waals surface area (Å²) in [5.74, 6) is -0.259. The molecule has 0 radical (unpaired) electrons. The van der Waals surface area contributed by atoms with Gasteiger partial charge in [-0.05, 0) is 37.5 Å². The molecule has 3 fully saturated rings. The Morgan fingerprint density at radius 1 is 1.26 bits per heavy atom. The second kappa shape index (κ2) is 5.19. The third-order valence-electron chi connectivity index (χ3n) is 5.65. The molecule has 7 nitrogen and oxygen atoms in total. The topological polar surface area (TPSA) is 95.7 Å². The van der Waals surface area contributed by atoms with Crippen molar-refractivity contribution in [1.82, 2.24) is 15.1 Å². The molecule has 2 unspecified atom stereocenters. The molecule has 0 bridgehead atoms. The third kappa shape index (κ3) is 2.71. The molecule has 7 heteroatoms. The first-order valence-electron chi connectivity index (χ1n) is 8.32. The van der Waals surface area contributed by atoms with Crippen molar-refractivity contribution in [2.24, 2.45) is 17.1 Å². The van der Waals surface area contributed by atoms with E-state index >= 15 is 0 Å². The maximum atomic E-state index is 12.6. The fraction of sp³-hybridized carbons (Fsp3) is 0.812. The van der Waals surface area contributed by atoms with Gasteiger partial charge in [0.15, 0.2) is 0 Å². The molecule has 23 heavy (non-hydrogen) atoms. The van der Waals surface area contributed by atoms with Crippen LogP contribution in [0.1, 0.15) is 40.0 Å². The lowest BCUT2D eigenvalue weighted by molar-refractivity contribution is -0.141. The number of hydrogen-bond donors (Lipinski definition) is 2. The van der Waals surface area contributed by atoms with E-state index in [2.05, 4.69) is 5.32 Å². The molecule has 0 aromatic heterocycles. The summed E-state index contributed by atoms with van der Waals surface area (Å²) in [6.07, 6.45) is 2.63. The van der Waals surface area contributed by atoms with Crippen LogP contribution >= 0.6 is 0 Å². The van der Waals surface area contributed by atoms with Crippen molar-refractivity contribution in [3.63, 3.8) is 0 Å². The number of rotatable bonds is 3. The Morgan fingerprint density at radius 3 is 2.48 bits per heavy atom. The summed E-state index contributed by atoms with van der Waals surface area (Å²) in [6, 6.07) is -0.396. The molecule has 2 saturated heterocycles. The Morgan fingerprint density at radius 2 is 1.91 bits per heavy atom. The van der Waals surface area contributed by atoms with Crippen LogP contribution in [0.25, 0.3) is 0 Å². The Kier molecular flexibility index (Phi) is 3.66. The first kappa shape index (κ1) is 16.2. The molecule has 3 rings (SSSR count). The van der Waals surface area contributed by atoms with Gasteiger partial charge >= 0.3 is 6.03 Å². The van der Waals surface area contributed by atoms with Gasteiger partial charge in [0.1, 0.15) is 12.1 Å². The number of hydrogen-bond acceptors (Lipinski definition) is 4. The van der Waals surface area contributed by atoms with E-state index in [9.17, 15) is 14.4 Å². The highest BCUT2D eigenvalue weighted by Gasteiger charge is 2.56. The number of nitrogens with zero attached hydrogens (tertiary/aromatic N) is 2. The maximum absolute atomic E-state index is 12.6. The fourth-order valence-corrected chi connectivity index (χ4v) is 3.62. The molecule has 1 aliphatic carbocycles. The first-order valence-corrected chi connectivity index (χ1v) is 8.32. The molecule has 128 valence electrons. The molecule has 2 atom stereocenters. The summed E-state index contributed by atoms with van der Waals surface area (Å²) in [4.78, 5) is 40.0. The molecule has 0 spiro atoms. The van der Waals surface area contributed by atoms with E-state index < -0.39 is 11.6 Å². The van der Waals surface area contributed by atoms with Crippen molar-refractivity contribution in [2.45, 2.75) is 51.6 Å². The minimum absolute atomic E-state index is 0.0569. The van der Waals surface area contributed by atoms with Crippen LogP contribution in [0.4, 0.5) is 4.79 Å². The minimum Gasteiger partial charge on any atom is -0.340 e. The highest BCUT2D eigenvalue weighted by molar-refractivity contribution is 6.09. The number of likely N-dealkylation sites (tertiary alicyclic amines) is 1. The van der Waals surface area contributed by atoms with Crippen LogP contribution in [0, 0.1) is 11.3 Å². The van der Waals surface area contributed by atoms with Gasteiger partial charge < -0.3 is 16.0 Å². The van der Waals surface area contributed by atoms with Crippen LogP contribution in [0.2, 0.25) is 0 Å². The van der Waals surface area contributed by atoms with Gasteiger partial charge in [-0.15, -0.1) is 0 Å². The van der Waals surface area contributed by atoms with Gasteiger partial charge in [0.25, 0.3) is 5.91 Å². The summed E-state index contributed by atoms with van der Waals surface area (Å²) in [5.41, 5.74) is 5.10. The SMILES string of the molecule is CC1(C)CN(C(=O)CN2C(=O)NC(C)(C3CC3)C2=O)CCC1N. The Balaban J connectivity index is 1.66. The molecule has 3 N–H and O–H groups in total. The fourth-order valence-electron chi connectivity index (χ4n) is 3.62. The van der Waals surface area contributed by atoms with Gasteiger partial charge in [-0.3, -0.25) is 14.5 Å². The van der Waals surface area contributed by atoms with Crippen molar-refractivity contribution >= 4 is 17.8 Å². The number of carbonyl (C=O) groups excluding carboxylic acids is 3. The summed E-state index contributed by atoms with van der Waals surface area (Å²) < 4.78 is 0. The smallest absolute Gasteiger partial charge is 0.325 e. The standard InChI is InChI=1S/C16H26N4O3/c1-15(2)9-19(7-6-11(15)17)12(21)8-20-13(22)16(3,10-4-5-10)18-14(20)23/h10-11H,4-9,17H2,1-3H3,(H,18,23).